The van der Waals surface area contributed by atoms with Crippen LogP contribution in [0.4, 0.5) is 5.69 Å². The van der Waals surface area contributed by atoms with Crippen LogP contribution >= 0.6 is 0 Å². The van der Waals surface area contributed by atoms with Gasteiger partial charge in [-0.25, -0.2) is 0 Å². The second-order valence-electron chi connectivity index (χ2n) is 4.93. The molecule has 4 heteroatoms. The highest BCUT2D eigenvalue weighted by molar-refractivity contribution is 5.99. The van der Waals surface area contributed by atoms with Crippen LogP contribution < -0.4 is 11.1 Å². The van der Waals surface area contributed by atoms with Gasteiger partial charge in [0.2, 0.25) is 0 Å². The number of hydrogen-bond donors (Lipinski definition) is 2. The number of nitrogens with one attached hydrogen (secondary N) is 1. The lowest BCUT2D eigenvalue weighted by atomic mass is 10.0. The predicted octanol–water partition coefficient (Wildman–Crippen LogP) is 1.73. The van der Waals surface area contributed by atoms with Gasteiger partial charge in [-0.2, -0.15) is 0 Å². The highest BCUT2D eigenvalue weighted by Crippen LogP contribution is 2.20. The lowest BCUT2D eigenvalue weighted by Crippen LogP contribution is -2.32. The molecule has 2 atom stereocenters. The fourth-order valence-corrected chi connectivity index (χ4v) is 2.23. The summed E-state index contributed by atoms with van der Waals surface area (Å²) in [5.41, 5.74) is 7.93. The van der Waals surface area contributed by atoms with Crippen LogP contribution in [0.2, 0.25) is 0 Å². The maximum Gasteiger partial charge on any atom is 0.253 e. The zero-order valence-corrected chi connectivity index (χ0v) is 10.9. The second kappa shape index (κ2) is 5.40. The number of nitrogen functional groups attached to an aromatic ring is 1. The molecule has 1 heterocycles. The number of ether oxygens (including phenoxy) is 1. The summed E-state index contributed by atoms with van der Waals surface area (Å²) in [6.45, 7) is 5.43. The maximum atomic E-state index is 12.0. The molecule has 0 aromatic heterocycles. The summed E-state index contributed by atoms with van der Waals surface area (Å²) < 4.78 is 5.47. The summed E-state index contributed by atoms with van der Waals surface area (Å²) in [4.78, 5) is 12.0. The Morgan fingerprint density at radius 3 is 3.00 bits per heavy atom. The fourth-order valence-electron chi connectivity index (χ4n) is 2.23. The van der Waals surface area contributed by atoms with Crippen molar-refractivity contribution in [2.75, 3.05) is 18.9 Å². The van der Waals surface area contributed by atoms with E-state index in [0.29, 0.717) is 23.7 Å². The van der Waals surface area contributed by atoms with E-state index in [4.69, 9.17) is 10.5 Å². The first kappa shape index (κ1) is 12.9. The van der Waals surface area contributed by atoms with Crippen LogP contribution in [-0.2, 0) is 4.74 Å². The number of amides is 1. The first-order valence-corrected chi connectivity index (χ1v) is 6.34. The standard InChI is InChI=1S/C14H20N2O2/c1-9-3-4-13(15)12(7-9)14(17)16-8-11-5-6-18-10(11)2/h3-4,7,10-11H,5-6,8,15H2,1-2H3,(H,16,17). The largest absolute Gasteiger partial charge is 0.398 e. The third-order valence-electron chi connectivity index (χ3n) is 3.51. The van der Waals surface area contributed by atoms with E-state index in [9.17, 15) is 4.79 Å². The molecule has 1 fully saturated rings. The molecule has 1 saturated heterocycles. The van der Waals surface area contributed by atoms with Crippen LogP contribution in [0.1, 0.15) is 29.3 Å². The molecule has 1 aliphatic heterocycles. The molecular formula is C14H20N2O2. The molecule has 1 amide bonds. The predicted molar refractivity (Wildman–Crippen MR) is 71.4 cm³/mol. The van der Waals surface area contributed by atoms with Crippen LogP contribution in [-0.4, -0.2) is 25.2 Å². The summed E-state index contributed by atoms with van der Waals surface area (Å²) in [6, 6.07) is 5.49. The van der Waals surface area contributed by atoms with Gasteiger partial charge < -0.3 is 15.8 Å². The zero-order chi connectivity index (χ0) is 13.1. The Morgan fingerprint density at radius 1 is 1.56 bits per heavy atom. The summed E-state index contributed by atoms with van der Waals surface area (Å²) in [5, 5.41) is 2.94. The summed E-state index contributed by atoms with van der Waals surface area (Å²) in [7, 11) is 0. The van der Waals surface area contributed by atoms with Crippen molar-refractivity contribution in [1.82, 2.24) is 5.32 Å². The Bertz CT molecular complexity index is 445. The van der Waals surface area contributed by atoms with E-state index in [1.54, 1.807) is 6.07 Å². The summed E-state index contributed by atoms with van der Waals surface area (Å²) >= 11 is 0. The van der Waals surface area contributed by atoms with Crippen molar-refractivity contribution in [3.8, 4) is 0 Å². The molecule has 18 heavy (non-hydrogen) atoms. The number of carbonyl (C=O) groups is 1. The quantitative estimate of drug-likeness (QED) is 0.801. The van der Waals surface area contributed by atoms with Gasteiger partial charge in [0.25, 0.3) is 5.91 Å². The van der Waals surface area contributed by atoms with Crippen molar-refractivity contribution in [3.63, 3.8) is 0 Å². The Hall–Kier alpha value is -1.55. The van der Waals surface area contributed by atoms with Crippen LogP contribution in [0.3, 0.4) is 0 Å². The number of aryl methyl sites for hydroxylation is 1. The van der Waals surface area contributed by atoms with Gasteiger partial charge in [-0.3, -0.25) is 4.79 Å². The topological polar surface area (TPSA) is 64.4 Å². The Labute approximate surface area is 108 Å². The first-order valence-electron chi connectivity index (χ1n) is 6.34. The van der Waals surface area contributed by atoms with E-state index in [-0.39, 0.29) is 12.0 Å². The lowest BCUT2D eigenvalue weighted by Gasteiger charge is -2.15. The molecule has 0 spiro atoms. The molecule has 1 aromatic rings. The smallest absolute Gasteiger partial charge is 0.253 e. The van der Waals surface area contributed by atoms with E-state index < -0.39 is 0 Å². The molecule has 1 aromatic carbocycles. The molecule has 0 aliphatic carbocycles. The van der Waals surface area contributed by atoms with Gasteiger partial charge in [-0.1, -0.05) is 11.6 Å². The van der Waals surface area contributed by atoms with E-state index in [1.807, 2.05) is 26.0 Å². The van der Waals surface area contributed by atoms with Gasteiger partial charge in [0.15, 0.2) is 0 Å². The summed E-state index contributed by atoms with van der Waals surface area (Å²) in [6.07, 6.45) is 1.23. The number of hydrogen-bond acceptors (Lipinski definition) is 3. The van der Waals surface area contributed by atoms with Crippen LogP contribution in [0.25, 0.3) is 0 Å². The molecule has 1 aliphatic rings. The van der Waals surface area contributed by atoms with Gasteiger partial charge in [0.05, 0.1) is 11.7 Å². The van der Waals surface area contributed by atoms with Crippen molar-refractivity contribution in [2.45, 2.75) is 26.4 Å². The van der Waals surface area contributed by atoms with Crippen molar-refractivity contribution in [1.29, 1.82) is 0 Å². The third kappa shape index (κ3) is 2.82. The van der Waals surface area contributed by atoms with Gasteiger partial charge in [0, 0.05) is 24.8 Å². The molecule has 0 bridgehead atoms. The molecule has 98 valence electrons. The van der Waals surface area contributed by atoms with Crippen LogP contribution in [0.5, 0.6) is 0 Å². The van der Waals surface area contributed by atoms with Crippen LogP contribution in [0.15, 0.2) is 18.2 Å². The van der Waals surface area contributed by atoms with Gasteiger partial charge in [-0.05, 0) is 32.4 Å². The van der Waals surface area contributed by atoms with Gasteiger partial charge in [-0.15, -0.1) is 0 Å². The number of anilines is 1. The third-order valence-corrected chi connectivity index (χ3v) is 3.51. The molecule has 2 unspecified atom stereocenters. The minimum atomic E-state index is -0.102. The molecule has 4 nitrogen and oxygen atoms in total. The van der Waals surface area contributed by atoms with Crippen molar-refractivity contribution in [3.05, 3.63) is 29.3 Å². The molecule has 0 radical (unpaired) electrons. The van der Waals surface area contributed by atoms with Crippen molar-refractivity contribution < 1.29 is 9.53 Å². The summed E-state index contributed by atoms with van der Waals surface area (Å²) in [5.74, 6) is 0.301. The Kier molecular flexibility index (Phi) is 3.87. The van der Waals surface area contributed by atoms with Crippen molar-refractivity contribution in [2.24, 2.45) is 5.92 Å². The number of rotatable bonds is 3. The average molecular weight is 248 g/mol. The van der Waals surface area contributed by atoms with E-state index >= 15 is 0 Å². The lowest BCUT2D eigenvalue weighted by molar-refractivity contribution is 0.0908. The minimum Gasteiger partial charge on any atom is -0.398 e. The molecular weight excluding hydrogens is 228 g/mol. The maximum absolute atomic E-state index is 12.0. The Balaban J connectivity index is 1.97. The zero-order valence-electron chi connectivity index (χ0n) is 10.9. The second-order valence-corrected chi connectivity index (χ2v) is 4.93. The fraction of sp³-hybridized carbons (Fsp3) is 0.500. The number of benzene rings is 1. The molecule has 0 saturated carbocycles. The van der Waals surface area contributed by atoms with E-state index in [0.717, 1.165) is 18.6 Å². The SMILES string of the molecule is Cc1ccc(N)c(C(=O)NCC2CCOC2C)c1. The monoisotopic (exact) mass is 248 g/mol. The van der Waals surface area contributed by atoms with E-state index in [1.165, 1.54) is 0 Å². The molecule has 2 rings (SSSR count). The molecule has 3 N–H and O–H groups in total. The van der Waals surface area contributed by atoms with Crippen molar-refractivity contribution >= 4 is 11.6 Å². The highest BCUT2D eigenvalue weighted by atomic mass is 16.5. The highest BCUT2D eigenvalue weighted by Gasteiger charge is 2.24. The average Bonchev–Trinajstić information content (AvgIpc) is 2.75. The van der Waals surface area contributed by atoms with Crippen LogP contribution in [0, 0.1) is 12.8 Å². The minimum absolute atomic E-state index is 0.102. The number of nitrogens with two attached hydrogens (primary N) is 1. The van der Waals surface area contributed by atoms with Gasteiger partial charge >= 0.3 is 0 Å². The van der Waals surface area contributed by atoms with Gasteiger partial charge in [0.1, 0.15) is 0 Å². The van der Waals surface area contributed by atoms with E-state index in [2.05, 4.69) is 5.32 Å². The Morgan fingerprint density at radius 2 is 2.33 bits per heavy atom. The first-order chi connectivity index (χ1) is 8.58. The number of carbonyl (C=O) groups excluding carboxylic acids is 1. The normalized spacial score (nSPS) is 23.0.